The second kappa shape index (κ2) is 10.3. The van der Waals surface area contributed by atoms with E-state index >= 15 is 0 Å². The summed E-state index contributed by atoms with van der Waals surface area (Å²) in [6.45, 7) is 7.36. The first-order valence-corrected chi connectivity index (χ1v) is 12.3. The first kappa shape index (κ1) is 23.8. The van der Waals surface area contributed by atoms with E-state index in [-0.39, 0.29) is 17.4 Å². The Balaban J connectivity index is 1.53. The topological polar surface area (TPSA) is 74.5 Å². The van der Waals surface area contributed by atoms with Crippen LogP contribution in [0.25, 0.3) is 0 Å². The van der Waals surface area contributed by atoms with Gasteiger partial charge in [-0.1, -0.05) is 42.0 Å². The summed E-state index contributed by atoms with van der Waals surface area (Å²) in [5.41, 5.74) is 4.05. The number of anilines is 1. The van der Waals surface area contributed by atoms with E-state index in [2.05, 4.69) is 51.0 Å². The van der Waals surface area contributed by atoms with Crippen molar-refractivity contribution in [2.24, 2.45) is 0 Å². The second-order valence-corrected chi connectivity index (χ2v) is 9.36. The highest BCUT2D eigenvalue weighted by molar-refractivity contribution is 5.43. The average Bonchev–Trinajstić information content (AvgIpc) is 2.91. The second-order valence-electron chi connectivity index (χ2n) is 9.36. The summed E-state index contributed by atoms with van der Waals surface area (Å²) in [5, 5.41) is 11.1. The molecule has 0 spiro atoms. The van der Waals surface area contributed by atoms with Crippen molar-refractivity contribution < 1.29 is 5.11 Å². The number of nitrogens with zero attached hydrogens (tertiary/aromatic N) is 5. The molecule has 0 bridgehead atoms. The number of hydrogen-bond acceptors (Lipinski definition) is 6. The molecule has 1 N–H and O–H groups in total. The van der Waals surface area contributed by atoms with E-state index < -0.39 is 0 Å². The van der Waals surface area contributed by atoms with Gasteiger partial charge in [-0.2, -0.15) is 0 Å². The minimum atomic E-state index is -0.357. The molecular formula is C29H31N5O2. The van der Waals surface area contributed by atoms with Crippen molar-refractivity contribution >= 4 is 5.82 Å². The highest BCUT2D eigenvalue weighted by Crippen LogP contribution is 2.34. The lowest BCUT2D eigenvalue weighted by Gasteiger charge is -2.40. The molecule has 36 heavy (non-hydrogen) atoms. The molecule has 1 saturated heterocycles. The molecule has 1 unspecified atom stereocenters. The van der Waals surface area contributed by atoms with Gasteiger partial charge >= 0.3 is 0 Å². The Labute approximate surface area is 211 Å². The number of pyridine rings is 3. The predicted octanol–water partition coefficient (Wildman–Crippen LogP) is 3.92. The quantitative estimate of drug-likeness (QED) is 0.450. The van der Waals surface area contributed by atoms with Crippen molar-refractivity contribution in [1.29, 1.82) is 0 Å². The molecule has 0 amide bonds. The third-order valence-electron chi connectivity index (χ3n) is 6.91. The fourth-order valence-electron chi connectivity index (χ4n) is 4.96. The first-order chi connectivity index (χ1) is 17.5. The molecule has 0 saturated carbocycles. The van der Waals surface area contributed by atoms with Gasteiger partial charge in [0.15, 0.2) is 0 Å². The van der Waals surface area contributed by atoms with Crippen LogP contribution in [0, 0.1) is 13.8 Å². The van der Waals surface area contributed by atoms with E-state index in [4.69, 9.17) is 0 Å². The number of rotatable bonds is 6. The maximum Gasteiger partial charge on any atom is 0.259 e. The van der Waals surface area contributed by atoms with Gasteiger partial charge in [0.05, 0.1) is 18.2 Å². The van der Waals surface area contributed by atoms with Crippen LogP contribution in [-0.4, -0.2) is 50.7 Å². The maximum absolute atomic E-state index is 14.0. The Kier molecular flexibility index (Phi) is 6.82. The van der Waals surface area contributed by atoms with Crippen molar-refractivity contribution in [3.63, 3.8) is 0 Å². The molecule has 7 heteroatoms. The molecular weight excluding hydrogens is 450 g/mol. The van der Waals surface area contributed by atoms with Crippen molar-refractivity contribution in [1.82, 2.24) is 19.4 Å². The van der Waals surface area contributed by atoms with Crippen LogP contribution in [0.3, 0.4) is 0 Å². The number of aromatic nitrogens is 3. The van der Waals surface area contributed by atoms with Gasteiger partial charge in [-0.3, -0.25) is 14.7 Å². The Morgan fingerprint density at radius 1 is 0.944 bits per heavy atom. The Bertz CT molecular complexity index is 1360. The number of hydrogen-bond donors (Lipinski definition) is 1. The van der Waals surface area contributed by atoms with Crippen LogP contribution in [0.1, 0.15) is 34.0 Å². The van der Waals surface area contributed by atoms with Crippen LogP contribution in [0.15, 0.2) is 84.0 Å². The lowest BCUT2D eigenvalue weighted by molar-refractivity contribution is 0.207. The molecule has 4 heterocycles. The van der Waals surface area contributed by atoms with Crippen LogP contribution in [0.4, 0.5) is 5.82 Å². The highest BCUT2D eigenvalue weighted by Gasteiger charge is 2.31. The smallest absolute Gasteiger partial charge is 0.259 e. The summed E-state index contributed by atoms with van der Waals surface area (Å²) in [6.07, 6.45) is 5.30. The fraction of sp³-hybridized carbons (Fsp3) is 0.276. The van der Waals surface area contributed by atoms with Gasteiger partial charge < -0.3 is 14.6 Å². The third-order valence-corrected chi connectivity index (χ3v) is 6.91. The van der Waals surface area contributed by atoms with Gasteiger partial charge in [-0.25, -0.2) is 4.98 Å². The van der Waals surface area contributed by atoms with Gasteiger partial charge in [-0.15, -0.1) is 0 Å². The van der Waals surface area contributed by atoms with Gasteiger partial charge in [0, 0.05) is 50.5 Å². The molecule has 1 atom stereocenters. The van der Waals surface area contributed by atoms with Gasteiger partial charge in [0.2, 0.25) is 0 Å². The molecule has 0 radical (unpaired) electrons. The van der Waals surface area contributed by atoms with Crippen molar-refractivity contribution in [2.75, 3.05) is 31.1 Å². The van der Waals surface area contributed by atoms with Gasteiger partial charge in [0.1, 0.15) is 11.6 Å². The van der Waals surface area contributed by atoms with Crippen molar-refractivity contribution in [3.05, 3.63) is 118 Å². The van der Waals surface area contributed by atoms with Crippen LogP contribution in [-0.2, 0) is 6.54 Å². The summed E-state index contributed by atoms with van der Waals surface area (Å²) in [4.78, 5) is 27.2. The van der Waals surface area contributed by atoms with Crippen LogP contribution >= 0.6 is 0 Å². The minimum absolute atomic E-state index is 0.0395. The zero-order valence-corrected chi connectivity index (χ0v) is 20.7. The van der Waals surface area contributed by atoms with E-state index in [0.29, 0.717) is 17.8 Å². The fourth-order valence-corrected chi connectivity index (χ4v) is 4.96. The van der Waals surface area contributed by atoms with Crippen LogP contribution in [0.5, 0.6) is 5.75 Å². The lowest BCUT2D eigenvalue weighted by atomic mass is 9.95. The van der Waals surface area contributed by atoms with Gasteiger partial charge in [-0.05, 0) is 49.2 Å². The molecule has 3 aromatic heterocycles. The third kappa shape index (κ3) is 4.88. The molecule has 4 aromatic rings. The highest BCUT2D eigenvalue weighted by atomic mass is 16.3. The zero-order valence-electron chi connectivity index (χ0n) is 20.7. The summed E-state index contributed by atoms with van der Waals surface area (Å²) in [6, 6.07) is 19.4. The number of piperazine rings is 1. The summed E-state index contributed by atoms with van der Waals surface area (Å²) in [5.74, 6) is 0.999. The van der Waals surface area contributed by atoms with Crippen molar-refractivity contribution in [2.45, 2.75) is 26.4 Å². The summed E-state index contributed by atoms with van der Waals surface area (Å²) in [7, 11) is 0. The van der Waals surface area contributed by atoms with E-state index in [1.54, 1.807) is 23.0 Å². The molecule has 0 aliphatic carbocycles. The maximum atomic E-state index is 14.0. The number of aromatic hydroxyl groups is 1. The zero-order chi connectivity index (χ0) is 25.1. The number of benzene rings is 1. The van der Waals surface area contributed by atoms with Crippen LogP contribution < -0.4 is 10.5 Å². The molecule has 184 valence electrons. The minimum Gasteiger partial charge on any atom is -0.507 e. The Hall–Kier alpha value is -3.97. The standard InChI is InChI=1S/C29H31N5O2/c1-21-8-10-24(11-9-21)28(33-16-14-32(15-17-33)26-7-3-4-13-31-26)27-25(35)18-22(2)34(29(27)36)20-23-6-5-12-30-19-23/h3-13,18-19,28,35H,14-17,20H2,1-2H3. The van der Waals surface area contributed by atoms with E-state index in [1.165, 1.54) is 0 Å². The normalized spacial score (nSPS) is 15.1. The largest absolute Gasteiger partial charge is 0.507 e. The molecule has 1 aliphatic rings. The Morgan fingerprint density at radius 3 is 2.39 bits per heavy atom. The first-order valence-electron chi connectivity index (χ1n) is 12.3. The monoisotopic (exact) mass is 481 g/mol. The summed E-state index contributed by atoms with van der Waals surface area (Å²) >= 11 is 0. The van der Waals surface area contributed by atoms with E-state index in [0.717, 1.165) is 48.7 Å². The van der Waals surface area contributed by atoms with Gasteiger partial charge in [0.25, 0.3) is 5.56 Å². The number of aryl methyl sites for hydroxylation is 2. The molecule has 7 nitrogen and oxygen atoms in total. The van der Waals surface area contributed by atoms with Crippen molar-refractivity contribution in [3.8, 4) is 5.75 Å². The van der Waals surface area contributed by atoms with Crippen LogP contribution in [0.2, 0.25) is 0 Å². The molecule has 5 rings (SSSR count). The lowest BCUT2D eigenvalue weighted by Crippen LogP contribution is -2.49. The van der Waals surface area contributed by atoms with E-state index in [1.807, 2.05) is 43.5 Å². The summed E-state index contributed by atoms with van der Waals surface area (Å²) < 4.78 is 1.73. The molecule has 1 aromatic carbocycles. The van der Waals surface area contributed by atoms with E-state index in [9.17, 15) is 9.90 Å². The average molecular weight is 482 g/mol. The predicted molar refractivity (Wildman–Crippen MR) is 141 cm³/mol. The molecule has 1 aliphatic heterocycles. The SMILES string of the molecule is Cc1ccc(C(c2c(O)cc(C)n(Cc3cccnc3)c2=O)N2CCN(c3ccccn3)CC2)cc1. The Morgan fingerprint density at radius 2 is 1.72 bits per heavy atom. The molecule has 1 fully saturated rings.